The van der Waals surface area contributed by atoms with Gasteiger partial charge < -0.3 is 4.74 Å². The topological polar surface area (TPSA) is 39.2 Å². The summed E-state index contributed by atoms with van der Waals surface area (Å²) in [5, 5.41) is 1.82. The van der Waals surface area contributed by atoms with Gasteiger partial charge in [0.1, 0.15) is 16.6 Å². The number of methoxy groups -OCH3 is 1. The van der Waals surface area contributed by atoms with E-state index in [-0.39, 0.29) is 5.15 Å². The maximum atomic E-state index is 10.8. The molecule has 3 nitrogen and oxygen atoms in total. The summed E-state index contributed by atoms with van der Waals surface area (Å²) in [6.07, 6.45) is 0.688. The third kappa shape index (κ3) is 1.66. The molecule has 1 heterocycles. The van der Waals surface area contributed by atoms with Crippen LogP contribution >= 0.6 is 11.6 Å². The first-order valence-electron chi connectivity index (χ1n) is 4.34. The second-order valence-corrected chi connectivity index (χ2v) is 3.39. The lowest BCUT2D eigenvalue weighted by molar-refractivity contribution is 0.112. The largest absolute Gasteiger partial charge is 0.496 e. The zero-order valence-corrected chi connectivity index (χ0v) is 8.78. The highest BCUT2D eigenvalue weighted by Crippen LogP contribution is 2.28. The summed E-state index contributed by atoms with van der Waals surface area (Å²) in [4.78, 5) is 14.7. The van der Waals surface area contributed by atoms with Crippen molar-refractivity contribution in [3.63, 3.8) is 0 Å². The smallest absolute Gasteiger partial charge is 0.169 e. The van der Waals surface area contributed by atoms with E-state index in [4.69, 9.17) is 16.3 Å². The van der Waals surface area contributed by atoms with Gasteiger partial charge in [-0.15, -0.1) is 0 Å². The molecule has 0 aliphatic heterocycles. The maximum Gasteiger partial charge on any atom is 0.169 e. The molecule has 2 rings (SSSR count). The van der Waals surface area contributed by atoms with E-state index in [1.165, 1.54) is 0 Å². The third-order valence-corrected chi connectivity index (χ3v) is 2.36. The summed E-state index contributed by atoms with van der Waals surface area (Å²) >= 11 is 5.81. The molecule has 0 aliphatic rings. The lowest BCUT2D eigenvalue weighted by Gasteiger charge is -2.06. The Balaban J connectivity index is 2.88. The van der Waals surface area contributed by atoms with Crippen molar-refractivity contribution in [2.45, 2.75) is 0 Å². The van der Waals surface area contributed by atoms with Gasteiger partial charge in [0.15, 0.2) is 6.29 Å². The van der Waals surface area contributed by atoms with E-state index in [1.807, 2.05) is 18.2 Å². The number of carbonyl (C=O) groups is 1. The number of aldehydes is 1. The second-order valence-electron chi connectivity index (χ2n) is 3.00. The van der Waals surface area contributed by atoms with Crippen LogP contribution in [0, 0.1) is 0 Å². The standard InChI is InChI=1S/C11H8ClNO2/c1-15-10-4-2-3-7-8(10)5-11(12)13-9(7)6-14/h2-6H,1H3. The normalized spacial score (nSPS) is 10.3. The Labute approximate surface area is 91.6 Å². The molecule has 15 heavy (non-hydrogen) atoms. The number of pyridine rings is 1. The number of fused-ring (bicyclic) bond motifs is 1. The first kappa shape index (κ1) is 9.93. The predicted octanol–water partition coefficient (Wildman–Crippen LogP) is 2.71. The molecule has 0 atom stereocenters. The molecule has 2 aromatic rings. The molecule has 0 amide bonds. The lowest BCUT2D eigenvalue weighted by atomic mass is 10.1. The maximum absolute atomic E-state index is 10.8. The molecule has 0 fully saturated rings. The number of benzene rings is 1. The van der Waals surface area contributed by atoms with Crippen LogP contribution in [0.25, 0.3) is 10.8 Å². The summed E-state index contributed by atoms with van der Waals surface area (Å²) in [5.41, 5.74) is 0.330. The van der Waals surface area contributed by atoms with Crippen LogP contribution in [0.5, 0.6) is 5.75 Å². The van der Waals surface area contributed by atoms with Gasteiger partial charge in [-0.3, -0.25) is 4.79 Å². The van der Waals surface area contributed by atoms with Crippen LogP contribution in [0.3, 0.4) is 0 Å². The van der Waals surface area contributed by atoms with E-state index >= 15 is 0 Å². The second kappa shape index (κ2) is 3.87. The molecule has 0 bridgehead atoms. The minimum absolute atomic E-state index is 0.286. The number of nitrogens with zero attached hydrogens (tertiary/aromatic N) is 1. The summed E-state index contributed by atoms with van der Waals surface area (Å²) in [6.45, 7) is 0. The minimum Gasteiger partial charge on any atom is -0.496 e. The minimum atomic E-state index is 0.286. The quantitative estimate of drug-likeness (QED) is 0.578. The fourth-order valence-electron chi connectivity index (χ4n) is 1.51. The average Bonchev–Trinajstić information content (AvgIpc) is 2.27. The van der Waals surface area contributed by atoms with Gasteiger partial charge in [-0.05, 0) is 12.1 Å². The molecule has 1 aromatic heterocycles. The van der Waals surface area contributed by atoms with Gasteiger partial charge in [0, 0.05) is 10.8 Å². The molecule has 0 aliphatic carbocycles. The lowest BCUT2D eigenvalue weighted by Crippen LogP contribution is -1.92. The molecular formula is C11H8ClNO2. The van der Waals surface area contributed by atoms with Gasteiger partial charge in [0.25, 0.3) is 0 Å². The Kier molecular flexibility index (Phi) is 2.56. The highest BCUT2D eigenvalue weighted by molar-refractivity contribution is 6.30. The van der Waals surface area contributed by atoms with Crippen molar-refractivity contribution in [2.75, 3.05) is 7.11 Å². The Morgan fingerprint density at radius 3 is 2.87 bits per heavy atom. The molecule has 4 heteroatoms. The number of hydrogen-bond donors (Lipinski definition) is 0. The van der Waals surface area contributed by atoms with Crippen molar-refractivity contribution < 1.29 is 9.53 Å². The van der Waals surface area contributed by atoms with E-state index in [2.05, 4.69) is 4.98 Å². The molecular weight excluding hydrogens is 214 g/mol. The van der Waals surface area contributed by atoms with Crippen LogP contribution in [0.15, 0.2) is 24.3 Å². The molecule has 0 N–H and O–H groups in total. The Bertz CT molecular complexity index is 525. The zero-order chi connectivity index (χ0) is 10.8. The number of carbonyl (C=O) groups excluding carboxylic acids is 1. The molecule has 0 radical (unpaired) electrons. The van der Waals surface area contributed by atoms with Crippen molar-refractivity contribution in [3.8, 4) is 5.75 Å². The summed E-state index contributed by atoms with van der Waals surface area (Å²) in [5.74, 6) is 0.680. The first-order chi connectivity index (χ1) is 7.26. The number of rotatable bonds is 2. The van der Waals surface area contributed by atoms with Gasteiger partial charge in [0.05, 0.1) is 7.11 Å². The molecule has 0 saturated heterocycles. The van der Waals surface area contributed by atoms with E-state index < -0.39 is 0 Å². The summed E-state index contributed by atoms with van der Waals surface area (Å²) in [6, 6.07) is 7.12. The van der Waals surface area contributed by atoms with E-state index in [0.29, 0.717) is 17.7 Å². The van der Waals surface area contributed by atoms with E-state index in [9.17, 15) is 4.79 Å². The van der Waals surface area contributed by atoms with E-state index in [0.717, 1.165) is 10.8 Å². The highest BCUT2D eigenvalue weighted by atomic mass is 35.5. The molecule has 0 unspecified atom stereocenters. The zero-order valence-electron chi connectivity index (χ0n) is 8.03. The van der Waals surface area contributed by atoms with Crippen LogP contribution in [0.4, 0.5) is 0 Å². The van der Waals surface area contributed by atoms with Crippen molar-refractivity contribution in [1.82, 2.24) is 4.98 Å². The van der Waals surface area contributed by atoms with Gasteiger partial charge in [-0.25, -0.2) is 4.98 Å². The third-order valence-electron chi connectivity index (χ3n) is 2.16. The van der Waals surface area contributed by atoms with Crippen LogP contribution in [-0.2, 0) is 0 Å². The van der Waals surface area contributed by atoms with Crippen LogP contribution < -0.4 is 4.74 Å². The number of hydrogen-bond acceptors (Lipinski definition) is 3. The van der Waals surface area contributed by atoms with Gasteiger partial charge in [-0.2, -0.15) is 0 Å². The Hall–Kier alpha value is -1.61. The summed E-state index contributed by atoms with van der Waals surface area (Å²) < 4.78 is 5.18. The van der Waals surface area contributed by atoms with Crippen LogP contribution in [0.2, 0.25) is 5.15 Å². The predicted molar refractivity (Wildman–Crippen MR) is 58.7 cm³/mol. The molecule has 0 spiro atoms. The van der Waals surface area contributed by atoms with Crippen LogP contribution in [0.1, 0.15) is 10.5 Å². The monoisotopic (exact) mass is 221 g/mol. The number of aromatic nitrogens is 1. The molecule has 76 valence electrons. The van der Waals surface area contributed by atoms with Gasteiger partial charge in [-0.1, -0.05) is 23.7 Å². The number of ether oxygens (including phenoxy) is 1. The SMILES string of the molecule is COc1cccc2c(C=O)nc(Cl)cc12. The average molecular weight is 222 g/mol. The fourth-order valence-corrected chi connectivity index (χ4v) is 1.71. The fraction of sp³-hybridized carbons (Fsp3) is 0.0909. The molecule has 0 saturated carbocycles. The van der Waals surface area contributed by atoms with Gasteiger partial charge in [0.2, 0.25) is 0 Å². The Morgan fingerprint density at radius 1 is 1.40 bits per heavy atom. The Morgan fingerprint density at radius 2 is 2.20 bits per heavy atom. The van der Waals surface area contributed by atoms with Crippen molar-refractivity contribution >= 4 is 28.7 Å². The molecule has 1 aromatic carbocycles. The number of halogens is 1. The van der Waals surface area contributed by atoms with Crippen molar-refractivity contribution in [1.29, 1.82) is 0 Å². The van der Waals surface area contributed by atoms with Gasteiger partial charge >= 0.3 is 0 Å². The summed E-state index contributed by atoms with van der Waals surface area (Å²) in [7, 11) is 1.57. The van der Waals surface area contributed by atoms with E-state index in [1.54, 1.807) is 13.2 Å². The van der Waals surface area contributed by atoms with Crippen molar-refractivity contribution in [2.24, 2.45) is 0 Å². The first-order valence-corrected chi connectivity index (χ1v) is 4.72. The van der Waals surface area contributed by atoms with Crippen LogP contribution in [-0.4, -0.2) is 18.4 Å². The highest BCUT2D eigenvalue weighted by Gasteiger charge is 2.07. The van der Waals surface area contributed by atoms with Crippen molar-refractivity contribution in [3.05, 3.63) is 35.1 Å².